The third-order valence-corrected chi connectivity index (χ3v) is 8.09. The number of ether oxygens (including phenoxy) is 2. The zero-order valence-electron chi connectivity index (χ0n) is 18.4. The lowest BCUT2D eigenvalue weighted by Gasteiger charge is -2.36. The number of carbonyl (C=O) groups is 1. The third kappa shape index (κ3) is 6.31. The highest BCUT2D eigenvalue weighted by Gasteiger charge is 2.35. The summed E-state index contributed by atoms with van der Waals surface area (Å²) in [5, 5.41) is 0. The number of halogens is 1. The number of benzene rings is 2. The van der Waals surface area contributed by atoms with Gasteiger partial charge in [-0.05, 0) is 42.7 Å². The van der Waals surface area contributed by atoms with Crippen molar-refractivity contribution in [3.05, 3.63) is 66.0 Å². The minimum absolute atomic E-state index is 0.147. The molecule has 2 unspecified atom stereocenters. The van der Waals surface area contributed by atoms with Crippen LogP contribution in [0.2, 0.25) is 0 Å². The SMILES string of the molecule is O=C(OCc1ccccc1)C1CCOC(CS(=O)(=O)N2CCN(c3ccc(F)cc3)CC2)C1. The van der Waals surface area contributed by atoms with Crippen molar-refractivity contribution in [2.75, 3.05) is 43.4 Å². The van der Waals surface area contributed by atoms with Gasteiger partial charge in [0.2, 0.25) is 10.0 Å². The van der Waals surface area contributed by atoms with Crippen LogP contribution in [0, 0.1) is 11.7 Å². The first kappa shape index (κ1) is 23.7. The second kappa shape index (κ2) is 10.6. The zero-order chi connectivity index (χ0) is 23.3. The van der Waals surface area contributed by atoms with Crippen LogP contribution in [0.15, 0.2) is 54.6 Å². The summed E-state index contributed by atoms with van der Waals surface area (Å²) in [5.74, 6) is -1.11. The van der Waals surface area contributed by atoms with Gasteiger partial charge in [0.05, 0.1) is 17.8 Å². The second-order valence-electron chi connectivity index (χ2n) is 8.45. The van der Waals surface area contributed by atoms with Gasteiger partial charge in [-0.2, -0.15) is 4.31 Å². The molecule has 2 atom stereocenters. The van der Waals surface area contributed by atoms with E-state index in [-0.39, 0.29) is 30.1 Å². The molecule has 2 aliphatic heterocycles. The number of piperazine rings is 1. The molecule has 0 N–H and O–H groups in total. The van der Waals surface area contributed by atoms with Crippen LogP contribution in [-0.4, -0.2) is 63.3 Å². The maximum atomic E-state index is 13.1. The van der Waals surface area contributed by atoms with E-state index in [0.717, 1.165) is 11.3 Å². The Kier molecular flexibility index (Phi) is 7.62. The Balaban J connectivity index is 1.27. The maximum absolute atomic E-state index is 13.1. The van der Waals surface area contributed by atoms with Gasteiger partial charge in [-0.15, -0.1) is 0 Å². The molecule has 7 nitrogen and oxygen atoms in total. The van der Waals surface area contributed by atoms with Gasteiger partial charge >= 0.3 is 5.97 Å². The quantitative estimate of drug-likeness (QED) is 0.572. The molecule has 0 saturated carbocycles. The highest BCUT2D eigenvalue weighted by molar-refractivity contribution is 7.89. The molecule has 2 saturated heterocycles. The van der Waals surface area contributed by atoms with Crippen molar-refractivity contribution in [3.8, 4) is 0 Å². The number of hydrogen-bond acceptors (Lipinski definition) is 6. The molecule has 0 aromatic heterocycles. The summed E-state index contributed by atoms with van der Waals surface area (Å²) >= 11 is 0. The molecular weight excluding hydrogens is 447 g/mol. The van der Waals surface area contributed by atoms with E-state index in [1.54, 1.807) is 12.1 Å². The Morgan fingerprint density at radius 3 is 2.42 bits per heavy atom. The molecular formula is C24H29FN2O5S. The van der Waals surface area contributed by atoms with Gasteiger partial charge in [-0.1, -0.05) is 30.3 Å². The predicted molar refractivity (Wildman–Crippen MR) is 123 cm³/mol. The minimum atomic E-state index is -3.53. The van der Waals surface area contributed by atoms with E-state index in [1.807, 2.05) is 35.2 Å². The van der Waals surface area contributed by atoms with E-state index in [4.69, 9.17) is 9.47 Å². The summed E-state index contributed by atoms with van der Waals surface area (Å²) in [7, 11) is -3.53. The average molecular weight is 477 g/mol. The van der Waals surface area contributed by atoms with Crippen molar-refractivity contribution in [3.63, 3.8) is 0 Å². The van der Waals surface area contributed by atoms with Crippen LogP contribution in [0.25, 0.3) is 0 Å². The summed E-state index contributed by atoms with van der Waals surface area (Å²) in [5.41, 5.74) is 1.79. The summed E-state index contributed by atoms with van der Waals surface area (Å²) in [6, 6.07) is 15.7. The number of hydrogen-bond donors (Lipinski definition) is 0. The largest absolute Gasteiger partial charge is 0.461 e. The number of sulfonamides is 1. The van der Waals surface area contributed by atoms with E-state index < -0.39 is 16.1 Å². The van der Waals surface area contributed by atoms with Crippen molar-refractivity contribution >= 4 is 21.7 Å². The number of nitrogens with zero attached hydrogens (tertiary/aromatic N) is 2. The molecule has 2 fully saturated rings. The Hall–Kier alpha value is -2.49. The second-order valence-corrected chi connectivity index (χ2v) is 10.5. The fourth-order valence-corrected chi connectivity index (χ4v) is 5.91. The average Bonchev–Trinajstić information content (AvgIpc) is 2.84. The van der Waals surface area contributed by atoms with Gasteiger partial charge in [-0.3, -0.25) is 4.79 Å². The molecule has 9 heteroatoms. The molecule has 2 aromatic carbocycles. The lowest BCUT2D eigenvalue weighted by molar-refractivity contribution is -0.154. The van der Waals surface area contributed by atoms with E-state index in [0.29, 0.717) is 45.6 Å². The fraction of sp³-hybridized carbons (Fsp3) is 0.458. The summed E-state index contributed by atoms with van der Waals surface area (Å²) < 4.78 is 51.7. The molecule has 33 heavy (non-hydrogen) atoms. The number of esters is 1. The first-order valence-corrected chi connectivity index (χ1v) is 12.8. The molecule has 0 radical (unpaired) electrons. The van der Waals surface area contributed by atoms with Crippen molar-refractivity contribution < 1.29 is 27.1 Å². The normalized spacial score (nSPS) is 22.2. The molecule has 0 bridgehead atoms. The van der Waals surface area contributed by atoms with Crippen LogP contribution in [0.3, 0.4) is 0 Å². The van der Waals surface area contributed by atoms with Crippen molar-refractivity contribution in [1.82, 2.24) is 4.31 Å². The molecule has 2 heterocycles. The number of rotatable bonds is 7. The molecule has 2 aromatic rings. The van der Waals surface area contributed by atoms with Crippen LogP contribution >= 0.6 is 0 Å². The van der Waals surface area contributed by atoms with Crippen LogP contribution in [0.5, 0.6) is 0 Å². The predicted octanol–water partition coefficient (Wildman–Crippen LogP) is 2.82. The summed E-state index contributed by atoms with van der Waals surface area (Å²) in [6.45, 7) is 2.32. The maximum Gasteiger partial charge on any atom is 0.309 e. The van der Waals surface area contributed by atoms with E-state index in [9.17, 15) is 17.6 Å². The van der Waals surface area contributed by atoms with Gasteiger partial charge in [-0.25, -0.2) is 12.8 Å². The van der Waals surface area contributed by atoms with Crippen LogP contribution < -0.4 is 4.90 Å². The molecule has 2 aliphatic rings. The van der Waals surface area contributed by atoms with E-state index in [1.165, 1.54) is 16.4 Å². The fourth-order valence-electron chi connectivity index (χ4n) is 4.27. The molecule has 0 spiro atoms. The lowest BCUT2D eigenvalue weighted by Crippen LogP contribution is -2.50. The smallest absolute Gasteiger partial charge is 0.309 e. The molecule has 178 valence electrons. The van der Waals surface area contributed by atoms with Crippen molar-refractivity contribution in [1.29, 1.82) is 0 Å². The highest BCUT2D eigenvalue weighted by Crippen LogP contribution is 2.25. The van der Waals surface area contributed by atoms with Crippen LogP contribution in [-0.2, 0) is 30.9 Å². The summed E-state index contributed by atoms with van der Waals surface area (Å²) in [6.07, 6.45) is 0.330. The van der Waals surface area contributed by atoms with Crippen LogP contribution in [0.1, 0.15) is 18.4 Å². The highest BCUT2D eigenvalue weighted by atomic mass is 32.2. The van der Waals surface area contributed by atoms with Crippen molar-refractivity contribution in [2.24, 2.45) is 5.92 Å². The van der Waals surface area contributed by atoms with Gasteiger partial charge in [0.15, 0.2) is 0 Å². The Labute approximate surface area is 194 Å². The standard InChI is InChI=1S/C24H29FN2O5S/c25-21-6-8-22(9-7-21)26-11-13-27(14-12-26)33(29,30)18-23-16-20(10-15-31-23)24(28)32-17-19-4-2-1-3-5-19/h1-9,20,23H,10-18H2. The topological polar surface area (TPSA) is 76.1 Å². The molecule has 4 rings (SSSR count). The molecule has 0 amide bonds. The summed E-state index contributed by atoms with van der Waals surface area (Å²) in [4.78, 5) is 14.6. The number of carbonyl (C=O) groups excluding carboxylic acids is 1. The first-order chi connectivity index (χ1) is 15.9. The third-order valence-electron chi connectivity index (χ3n) is 6.14. The first-order valence-electron chi connectivity index (χ1n) is 11.2. The Bertz CT molecular complexity index is 1020. The van der Waals surface area contributed by atoms with Gasteiger partial charge in [0, 0.05) is 38.5 Å². The molecule has 0 aliphatic carbocycles. The monoisotopic (exact) mass is 476 g/mol. The van der Waals surface area contributed by atoms with Crippen LogP contribution in [0.4, 0.5) is 10.1 Å². The van der Waals surface area contributed by atoms with Crippen molar-refractivity contribution in [2.45, 2.75) is 25.6 Å². The Morgan fingerprint density at radius 1 is 1.03 bits per heavy atom. The van der Waals surface area contributed by atoms with E-state index in [2.05, 4.69) is 0 Å². The van der Waals surface area contributed by atoms with Gasteiger partial charge in [0.1, 0.15) is 12.4 Å². The Morgan fingerprint density at radius 2 is 1.73 bits per heavy atom. The lowest BCUT2D eigenvalue weighted by atomic mass is 9.96. The van der Waals surface area contributed by atoms with Gasteiger partial charge in [0.25, 0.3) is 0 Å². The van der Waals surface area contributed by atoms with E-state index >= 15 is 0 Å². The van der Waals surface area contributed by atoms with Gasteiger partial charge < -0.3 is 14.4 Å². The number of anilines is 1. The zero-order valence-corrected chi connectivity index (χ0v) is 19.3. The minimum Gasteiger partial charge on any atom is -0.461 e.